The van der Waals surface area contributed by atoms with Gasteiger partial charge in [0.15, 0.2) is 5.75 Å². The van der Waals surface area contributed by atoms with Gasteiger partial charge in [-0.15, -0.1) is 0 Å². The number of amides is 2. The number of nitrogens with one attached hydrogen (secondary N) is 2. The first-order valence-corrected chi connectivity index (χ1v) is 6.92. The number of phenolic OH excluding ortho intramolecular Hbond substituents is 1. The van der Waals surface area contributed by atoms with Crippen LogP contribution in [-0.2, 0) is 4.79 Å². The van der Waals surface area contributed by atoms with Gasteiger partial charge in [-0.1, -0.05) is 35.9 Å². The molecule has 0 aliphatic heterocycles. The van der Waals surface area contributed by atoms with Gasteiger partial charge >= 0.3 is 0 Å². The fourth-order valence-electron chi connectivity index (χ4n) is 2.12. The summed E-state index contributed by atoms with van der Waals surface area (Å²) in [5, 5.41) is 15.2. The van der Waals surface area contributed by atoms with Crippen molar-refractivity contribution in [2.24, 2.45) is 0 Å². The summed E-state index contributed by atoms with van der Waals surface area (Å²) in [5.74, 6) is -0.650. The van der Waals surface area contributed by atoms with E-state index < -0.39 is 5.91 Å². The van der Waals surface area contributed by atoms with Crippen LogP contribution in [0.5, 0.6) is 5.75 Å². The van der Waals surface area contributed by atoms with Gasteiger partial charge in [0.05, 0.1) is 17.3 Å². The maximum atomic E-state index is 12.3. The van der Waals surface area contributed by atoms with Crippen LogP contribution in [0.25, 0.3) is 0 Å². The fourth-order valence-corrected chi connectivity index (χ4v) is 2.12. The molecule has 0 aliphatic carbocycles. The molecule has 0 heterocycles. The van der Waals surface area contributed by atoms with E-state index in [9.17, 15) is 14.7 Å². The molecule has 0 saturated carbocycles. The van der Waals surface area contributed by atoms with Crippen molar-refractivity contribution in [3.8, 4) is 5.75 Å². The maximum absolute atomic E-state index is 12.3. The molecule has 0 saturated heterocycles. The van der Waals surface area contributed by atoms with E-state index in [1.165, 1.54) is 12.1 Å². The Hall–Kier alpha value is -2.82. The third-order valence-corrected chi connectivity index (χ3v) is 3.42. The quantitative estimate of drug-likeness (QED) is 0.586. The monoisotopic (exact) mass is 298 g/mol. The van der Waals surface area contributed by atoms with Gasteiger partial charge in [0.1, 0.15) is 0 Å². The minimum atomic E-state index is -0.403. The van der Waals surface area contributed by atoms with Gasteiger partial charge in [-0.25, -0.2) is 0 Å². The number of para-hydroxylation sites is 1. The lowest BCUT2D eigenvalue weighted by molar-refractivity contribution is -0.105. The van der Waals surface area contributed by atoms with Gasteiger partial charge in [-0.2, -0.15) is 0 Å². The van der Waals surface area contributed by atoms with Gasteiger partial charge in [-0.05, 0) is 31.5 Å². The van der Waals surface area contributed by atoms with Crippen molar-refractivity contribution in [1.82, 2.24) is 5.32 Å². The molecular weight excluding hydrogens is 280 g/mol. The summed E-state index contributed by atoms with van der Waals surface area (Å²) in [7, 11) is 0. The topological polar surface area (TPSA) is 78.4 Å². The Labute approximate surface area is 129 Å². The lowest BCUT2D eigenvalue weighted by atomic mass is 10.1. The van der Waals surface area contributed by atoms with Crippen molar-refractivity contribution in [2.75, 3.05) is 5.32 Å². The number of benzene rings is 2. The van der Waals surface area contributed by atoms with Crippen LogP contribution >= 0.6 is 0 Å². The lowest BCUT2D eigenvalue weighted by Crippen LogP contribution is -2.26. The van der Waals surface area contributed by atoms with Crippen LogP contribution < -0.4 is 10.6 Å². The molecular formula is C17H18N2O3. The molecule has 0 bridgehead atoms. The van der Waals surface area contributed by atoms with Gasteiger partial charge in [0.2, 0.25) is 6.41 Å². The van der Waals surface area contributed by atoms with Crippen molar-refractivity contribution in [2.45, 2.75) is 19.9 Å². The maximum Gasteiger partial charge on any atom is 0.255 e. The summed E-state index contributed by atoms with van der Waals surface area (Å²) < 4.78 is 0. The van der Waals surface area contributed by atoms with E-state index in [0.717, 1.165) is 11.1 Å². The van der Waals surface area contributed by atoms with Crippen LogP contribution in [0.4, 0.5) is 5.69 Å². The molecule has 0 aliphatic rings. The van der Waals surface area contributed by atoms with E-state index >= 15 is 0 Å². The standard InChI is InChI=1S/C17H18N2O3/c1-11-6-8-13(9-7-11)12(2)19-17(22)14-4-3-5-15(16(14)21)18-10-20/h3-10,12,21H,1-2H3,(H,18,20)(H,19,22). The predicted molar refractivity (Wildman–Crippen MR) is 84.9 cm³/mol. The van der Waals surface area contributed by atoms with Crippen LogP contribution in [0.15, 0.2) is 42.5 Å². The van der Waals surface area contributed by atoms with Gasteiger partial charge < -0.3 is 15.7 Å². The molecule has 0 spiro atoms. The first-order chi connectivity index (χ1) is 10.5. The van der Waals surface area contributed by atoms with Crippen LogP contribution in [0, 0.1) is 6.92 Å². The van der Waals surface area contributed by atoms with Crippen LogP contribution in [-0.4, -0.2) is 17.4 Å². The van der Waals surface area contributed by atoms with E-state index in [4.69, 9.17) is 0 Å². The van der Waals surface area contributed by atoms with E-state index in [2.05, 4.69) is 10.6 Å². The first kappa shape index (κ1) is 15.6. The van der Waals surface area contributed by atoms with E-state index in [1.807, 2.05) is 38.1 Å². The highest BCUT2D eigenvalue weighted by Gasteiger charge is 2.16. The summed E-state index contributed by atoms with van der Waals surface area (Å²) >= 11 is 0. The second kappa shape index (κ2) is 6.76. The third kappa shape index (κ3) is 3.44. The summed E-state index contributed by atoms with van der Waals surface area (Å²) in [5.41, 5.74) is 2.43. The number of aromatic hydroxyl groups is 1. The fraction of sp³-hybridized carbons (Fsp3) is 0.176. The summed E-state index contributed by atoms with van der Waals surface area (Å²) in [6.07, 6.45) is 0.450. The van der Waals surface area contributed by atoms with E-state index in [0.29, 0.717) is 6.41 Å². The average molecular weight is 298 g/mol. The number of hydrogen-bond acceptors (Lipinski definition) is 3. The Bertz CT molecular complexity index is 681. The van der Waals surface area contributed by atoms with Gasteiger partial charge in [0, 0.05) is 0 Å². The largest absolute Gasteiger partial charge is 0.505 e. The number of rotatable bonds is 5. The Morgan fingerprint density at radius 1 is 1.18 bits per heavy atom. The van der Waals surface area contributed by atoms with E-state index in [1.54, 1.807) is 6.07 Å². The molecule has 1 unspecified atom stereocenters. The third-order valence-electron chi connectivity index (χ3n) is 3.42. The molecule has 0 aromatic heterocycles. The molecule has 2 aromatic carbocycles. The number of aryl methyl sites for hydroxylation is 1. The first-order valence-electron chi connectivity index (χ1n) is 6.92. The van der Waals surface area contributed by atoms with Crippen molar-refractivity contribution >= 4 is 18.0 Å². The highest BCUT2D eigenvalue weighted by atomic mass is 16.3. The minimum absolute atomic E-state index is 0.116. The molecule has 2 aromatic rings. The SMILES string of the molecule is Cc1ccc(C(C)NC(=O)c2cccc(NC=O)c2O)cc1. The Morgan fingerprint density at radius 3 is 2.50 bits per heavy atom. The molecule has 114 valence electrons. The number of carbonyl (C=O) groups is 2. The summed E-state index contributed by atoms with van der Waals surface area (Å²) in [4.78, 5) is 22.8. The summed E-state index contributed by atoms with van der Waals surface area (Å²) in [6, 6.07) is 12.3. The molecule has 0 radical (unpaired) electrons. The zero-order valence-corrected chi connectivity index (χ0v) is 12.5. The van der Waals surface area contributed by atoms with Gasteiger partial charge in [0.25, 0.3) is 5.91 Å². The highest BCUT2D eigenvalue weighted by molar-refractivity contribution is 5.99. The van der Waals surface area contributed by atoms with Crippen molar-refractivity contribution in [3.05, 3.63) is 59.2 Å². The predicted octanol–water partition coefficient (Wildman–Crippen LogP) is 2.76. The average Bonchev–Trinajstić information content (AvgIpc) is 2.50. The number of anilines is 1. The number of phenols is 1. The molecule has 2 amide bonds. The second-order valence-electron chi connectivity index (χ2n) is 5.07. The number of hydrogen-bond donors (Lipinski definition) is 3. The molecule has 2 rings (SSSR count). The molecule has 0 fully saturated rings. The zero-order chi connectivity index (χ0) is 16.1. The zero-order valence-electron chi connectivity index (χ0n) is 12.5. The van der Waals surface area contributed by atoms with Crippen molar-refractivity contribution in [3.63, 3.8) is 0 Å². The summed E-state index contributed by atoms with van der Waals surface area (Å²) in [6.45, 7) is 3.86. The minimum Gasteiger partial charge on any atom is -0.505 e. The highest BCUT2D eigenvalue weighted by Crippen LogP contribution is 2.27. The molecule has 5 nitrogen and oxygen atoms in total. The smallest absolute Gasteiger partial charge is 0.255 e. The Balaban J connectivity index is 2.16. The van der Waals surface area contributed by atoms with Gasteiger partial charge in [-0.3, -0.25) is 9.59 Å². The van der Waals surface area contributed by atoms with E-state index in [-0.39, 0.29) is 23.0 Å². The Kier molecular flexibility index (Phi) is 4.78. The lowest BCUT2D eigenvalue weighted by Gasteiger charge is -2.16. The number of carbonyl (C=O) groups excluding carboxylic acids is 2. The molecule has 5 heteroatoms. The molecule has 22 heavy (non-hydrogen) atoms. The van der Waals surface area contributed by atoms with Crippen LogP contribution in [0.1, 0.15) is 34.5 Å². The molecule has 3 N–H and O–H groups in total. The van der Waals surface area contributed by atoms with Crippen molar-refractivity contribution < 1.29 is 14.7 Å². The normalized spacial score (nSPS) is 11.5. The Morgan fingerprint density at radius 2 is 1.86 bits per heavy atom. The van der Waals surface area contributed by atoms with Crippen LogP contribution in [0.3, 0.4) is 0 Å². The second-order valence-corrected chi connectivity index (χ2v) is 5.07. The van der Waals surface area contributed by atoms with Crippen LogP contribution in [0.2, 0.25) is 0 Å². The van der Waals surface area contributed by atoms with Crippen molar-refractivity contribution in [1.29, 1.82) is 0 Å². The molecule has 1 atom stereocenters.